The van der Waals surface area contributed by atoms with Gasteiger partial charge in [0, 0.05) is 23.5 Å². The summed E-state index contributed by atoms with van der Waals surface area (Å²) >= 11 is 0. The minimum Gasteiger partial charge on any atom is -0.394 e. The van der Waals surface area contributed by atoms with Gasteiger partial charge in [0.25, 0.3) is 5.91 Å². The average Bonchev–Trinajstić information content (AvgIpc) is 3.35. The summed E-state index contributed by atoms with van der Waals surface area (Å²) in [4.78, 5) is 41.5. The van der Waals surface area contributed by atoms with E-state index in [1.807, 2.05) is 0 Å². The molecule has 4 N–H and O–H groups in total. The molecular weight excluding hydrogens is 448 g/mol. The molecule has 0 unspecified atom stereocenters. The first-order valence-electron chi connectivity index (χ1n) is 11.3. The number of hydrogen-bond acceptors (Lipinski definition) is 8. The van der Waals surface area contributed by atoms with Crippen molar-refractivity contribution < 1.29 is 19.4 Å². The molecule has 0 radical (unpaired) electrons. The minimum absolute atomic E-state index is 0.00481. The van der Waals surface area contributed by atoms with E-state index in [1.54, 1.807) is 55.0 Å². The number of H-pyrrole nitrogens is 1. The van der Waals surface area contributed by atoms with Crippen LogP contribution in [0.3, 0.4) is 0 Å². The zero-order valence-corrected chi connectivity index (χ0v) is 18.8. The first-order valence-corrected chi connectivity index (χ1v) is 11.3. The molecule has 10 nitrogen and oxygen atoms in total. The number of nitrogens with one attached hydrogen (secondary N) is 3. The van der Waals surface area contributed by atoms with Gasteiger partial charge in [-0.1, -0.05) is 12.1 Å². The van der Waals surface area contributed by atoms with E-state index in [2.05, 4.69) is 30.6 Å². The van der Waals surface area contributed by atoms with Crippen molar-refractivity contribution >= 4 is 34.2 Å². The predicted octanol–water partition coefficient (Wildman–Crippen LogP) is 2.79. The lowest BCUT2D eigenvalue weighted by atomic mass is 10.0. The normalized spacial score (nSPS) is 17.7. The molecule has 2 atom stereocenters. The Morgan fingerprint density at radius 1 is 1.11 bits per heavy atom. The van der Waals surface area contributed by atoms with Crippen molar-refractivity contribution in [2.45, 2.75) is 25.0 Å². The van der Waals surface area contributed by atoms with Gasteiger partial charge >= 0.3 is 0 Å². The third-order valence-electron chi connectivity index (χ3n) is 5.96. The van der Waals surface area contributed by atoms with Gasteiger partial charge in [0.2, 0.25) is 0 Å². The highest BCUT2D eigenvalue weighted by Crippen LogP contribution is 2.27. The molecule has 1 aromatic carbocycles. The van der Waals surface area contributed by atoms with Crippen molar-refractivity contribution in [2.24, 2.45) is 0 Å². The van der Waals surface area contributed by atoms with Crippen LogP contribution in [0.25, 0.3) is 11.0 Å². The summed E-state index contributed by atoms with van der Waals surface area (Å²) in [5.74, 6) is 0.0405. The molecule has 5 rings (SSSR count). The summed E-state index contributed by atoms with van der Waals surface area (Å²) in [6, 6.07) is 9.96. The Hall–Kier alpha value is -4.15. The predicted molar refractivity (Wildman–Crippen MR) is 129 cm³/mol. The van der Waals surface area contributed by atoms with Crippen LogP contribution in [0, 0.1) is 0 Å². The SMILES string of the molecule is O=C(Nc1cccnc1)c1ccc(C(=O)c2c[nH]c3ncnc(N[C@H]4CC[C@@H](CO)OC4)c23)cc1. The van der Waals surface area contributed by atoms with Gasteiger partial charge in [0.1, 0.15) is 17.8 Å². The maximum Gasteiger partial charge on any atom is 0.255 e. The van der Waals surface area contributed by atoms with E-state index in [0.717, 1.165) is 12.8 Å². The van der Waals surface area contributed by atoms with Crippen molar-refractivity contribution in [1.29, 1.82) is 0 Å². The smallest absolute Gasteiger partial charge is 0.255 e. The van der Waals surface area contributed by atoms with E-state index in [-0.39, 0.29) is 30.4 Å². The van der Waals surface area contributed by atoms with Crippen molar-refractivity contribution in [2.75, 3.05) is 23.8 Å². The number of aromatic amines is 1. The Morgan fingerprint density at radius 3 is 2.66 bits per heavy atom. The number of anilines is 2. The summed E-state index contributed by atoms with van der Waals surface area (Å²) in [5, 5.41) is 16.0. The molecule has 1 aliphatic heterocycles. The number of ketones is 1. The molecule has 0 aliphatic carbocycles. The Kier molecular flexibility index (Phi) is 6.47. The highest BCUT2D eigenvalue weighted by molar-refractivity contribution is 6.18. The number of aromatic nitrogens is 4. The van der Waals surface area contributed by atoms with E-state index in [0.29, 0.717) is 45.8 Å². The molecule has 0 bridgehead atoms. The zero-order chi connectivity index (χ0) is 24.2. The molecule has 178 valence electrons. The number of benzene rings is 1. The molecule has 0 saturated carbocycles. The van der Waals surface area contributed by atoms with Gasteiger partial charge in [-0.3, -0.25) is 14.6 Å². The molecule has 1 aliphatic rings. The van der Waals surface area contributed by atoms with Crippen molar-refractivity contribution in [3.05, 3.63) is 78.0 Å². The van der Waals surface area contributed by atoms with E-state index in [1.165, 1.54) is 6.33 Å². The molecule has 1 saturated heterocycles. The Balaban J connectivity index is 1.35. The zero-order valence-electron chi connectivity index (χ0n) is 18.8. The topological polar surface area (TPSA) is 142 Å². The fourth-order valence-corrected chi connectivity index (χ4v) is 4.08. The number of hydrogen-bond donors (Lipinski definition) is 4. The van der Waals surface area contributed by atoms with Gasteiger partial charge in [-0.2, -0.15) is 0 Å². The maximum atomic E-state index is 13.4. The lowest BCUT2D eigenvalue weighted by molar-refractivity contribution is -0.0224. The second-order valence-electron chi connectivity index (χ2n) is 8.31. The van der Waals surface area contributed by atoms with Crippen LogP contribution in [0.5, 0.6) is 0 Å². The number of amides is 1. The number of rotatable bonds is 7. The van der Waals surface area contributed by atoms with Crippen LogP contribution >= 0.6 is 0 Å². The molecule has 0 spiro atoms. The van der Waals surface area contributed by atoms with Crippen molar-refractivity contribution in [1.82, 2.24) is 19.9 Å². The van der Waals surface area contributed by atoms with Gasteiger partial charge < -0.3 is 25.5 Å². The Labute approximate surface area is 200 Å². The monoisotopic (exact) mass is 472 g/mol. The van der Waals surface area contributed by atoms with Crippen LogP contribution in [0.1, 0.15) is 39.1 Å². The summed E-state index contributed by atoms with van der Waals surface area (Å²) in [6.45, 7) is 0.442. The highest BCUT2D eigenvalue weighted by atomic mass is 16.5. The number of ether oxygens (including phenoxy) is 1. The number of carbonyl (C=O) groups is 2. The van der Waals surface area contributed by atoms with Crippen LogP contribution in [0.4, 0.5) is 11.5 Å². The number of nitrogens with zero attached hydrogens (tertiary/aromatic N) is 3. The summed E-state index contributed by atoms with van der Waals surface area (Å²) in [6.07, 6.45) is 7.65. The lowest BCUT2D eigenvalue weighted by Gasteiger charge is -2.29. The quantitative estimate of drug-likeness (QED) is 0.301. The summed E-state index contributed by atoms with van der Waals surface area (Å²) in [7, 11) is 0. The van der Waals surface area contributed by atoms with Crippen LogP contribution < -0.4 is 10.6 Å². The van der Waals surface area contributed by atoms with Crippen LogP contribution in [-0.4, -0.2) is 62.1 Å². The van der Waals surface area contributed by atoms with E-state index in [4.69, 9.17) is 4.74 Å². The lowest BCUT2D eigenvalue weighted by Crippen LogP contribution is -2.36. The van der Waals surface area contributed by atoms with Crippen LogP contribution in [0.2, 0.25) is 0 Å². The molecule has 1 fully saturated rings. The average molecular weight is 473 g/mol. The van der Waals surface area contributed by atoms with Crippen molar-refractivity contribution in [3.8, 4) is 0 Å². The van der Waals surface area contributed by atoms with E-state index >= 15 is 0 Å². The Bertz CT molecular complexity index is 1330. The molecule has 35 heavy (non-hydrogen) atoms. The third-order valence-corrected chi connectivity index (χ3v) is 5.96. The van der Waals surface area contributed by atoms with Crippen LogP contribution in [-0.2, 0) is 4.74 Å². The fraction of sp³-hybridized carbons (Fsp3) is 0.240. The fourth-order valence-electron chi connectivity index (χ4n) is 4.08. The van der Waals surface area contributed by atoms with Gasteiger partial charge in [-0.05, 0) is 37.1 Å². The van der Waals surface area contributed by atoms with Gasteiger partial charge in [0.15, 0.2) is 5.78 Å². The maximum absolute atomic E-state index is 13.4. The summed E-state index contributed by atoms with van der Waals surface area (Å²) in [5.41, 5.74) is 2.43. The molecule has 3 aromatic heterocycles. The number of fused-ring (bicyclic) bond motifs is 1. The number of carbonyl (C=O) groups excluding carboxylic acids is 2. The van der Waals surface area contributed by atoms with Gasteiger partial charge in [0.05, 0.1) is 48.2 Å². The second-order valence-corrected chi connectivity index (χ2v) is 8.31. The molecular formula is C25H24N6O4. The number of aliphatic hydroxyl groups excluding tert-OH is 1. The minimum atomic E-state index is -0.290. The highest BCUT2D eigenvalue weighted by Gasteiger charge is 2.24. The Morgan fingerprint density at radius 2 is 1.94 bits per heavy atom. The number of pyridine rings is 1. The van der Waals surface area contributed by atoms with Crippen molar-refractivity contribution in [3.63, 3.8) is 0 Å². The number of aliphatic hydroxyl groups is 1. The van der Waals surface area contributed by atoms with Crippen LogP contribution in [0.15, 0.2) is 61.3 Å². The van der Waals surface area contributed by atoms with Gasteiger partial charge in [-0.25, -0.2) is 9.97 Å². The van der Waals surface area contributed by atoms with Gasteiger partial charge in [-0.15, -0.1) is 0 Å². The summed E-state index contributed by atoms with van der Waals surface area (Å²) < 4.78 is 5.65. The first kappa shape index (κ1) is 22.6. The molecule has 1 amide bonds. The molecule has 4 heterocycles. The van der Waals surface area contributed by atoms with E-state index < -0.39 is 0 Å². The largest absolute Gasteiger partial charge is 0.394 e. The third kappa shape index (κ3) is 4.88. The van der Waals surface area contributed by atoms with E-state index in [9.17, 15) is 14.7 Å². The second kappa shape index (κ2) is 10.00. The standard InChI is InChI=1S/C25H24N6O4/c32-12-19-8-7-18(13-35-19)30-24-21-20(11-27-23(21)28-14-29-24)22(33)15-3-5-16(6-4-15)25(34)31-17-2-1-9-26-10-17/h1-6,9-11,14,18-19,32H,7-8,12-13H2,(H,31,34)(H2,27,28,29,30)/t18-,19-/m0/s1. The first-order chi connectivity index (χ1) is 17.1. The molecule has 4 aromatic rings. The molecule has 10 heteroatoms.